The number of amides is 2. The van der Waals surface area contributed by atoms with Crippen molar-refractivity contribution in [2.45, 2.75) is 6.42 Å². The Hall–Kier alpha value is -2.89. The van der Waals surface area contributed by atoms with E-state index in [0.717, 1.165) is 17.0 Å². The second-order valence-corrected chi connectivity index (χ2v) is 7.98. The third-order valence-corrected chi connectivity index (χ3v) is 6.28. The lowest BCUT2D eigenvalue weighted by atomic mass is 10.1. The first-order valence-electron chi connectivity index (χ1n) is 8.93. The van der Waals surface area contributed by atoms with Gasteiger partial charge < -0.3 is 4.90 Å². The molecule has 0 atom stereocenters. The van der Waals surface area contributed by atoms with Gasteiger partial charge in [0.1, 0.15) is 5.70 Å². The van der Waals surface area contributed by atoms with Gasteiger partial charge in [-0.3, -0.25) is 9.59 Å². The van der Waals surface area contributed by atoms with E-state index in [4.69, 9.17) is 11.6 Å². The van der Waals surface area contributed by atoms with E-state index in [1.54, 1.807) is 24.3 Å². The van der Waals surface area contributed by atoms with Crippen molar-refractivity contribution < 1.29 is 9.59 Å². The Morgan fingerprint density at radius 1 is 0.857 bits per heavy atom. The number of thiophene rings is 1. The molecule has 0 aliphatic carbocycles. The van der Waals surface area contributed by atoms with Crippen molar-refractivity contribution in [2.24, 2.45) is 0 Å². The average Bonchev–Trinajstić information content (AvgIpc) is 3.41. The van der Waals surface area contributed by atoms with Crippen LogP contribution in [0, 0.1) is 0 Å². The van der Waals surface area contributed by atoms with Gasteiger partial charge in [0.15, 0.2) is 0 Å². The van der Waals surface area contributed by atoms with E-state index >= 15 is 0 Å². The number of imide groups is 1. The van der Waals surface area contributed by atoms with Crippen LogP contribution in [0.5, 0.6) is 0 Å². The zero-order valence-corrected chi connectivity index (χ0v) is 16.3. The summed E-state index contributed by atoms with van der Waals surface area (Å²) in [5.41, 5.74) is 3.44. The molecule has 0 bridgehead atoms. The van der Waals surface area contributed by atoms with Gasteiger partial charge in [-0.05, 0) is 41.6 Å². The number of carbonyl (C=O) groups is 2. The molecule has 2 aromatic carbocycles. The van der Waals surface area contributed by atoms with Crippen LogP contribution in [0.1, 0.15) is 10.4 Å². The molecule has 1 aromatic heterocycles. The highest BCUT2D eigenvalue weighted by Gasteiger charge is 2.44. The summed E-state index contributed by atoms with van der Waals surface area (Å²) in [4.78, 5) is 30.9. The number of nitrogens with zero attached hydrogens (tertiary/aromatic N) is 2. The van der Waals surface area contributed by atoms with Crippen molar-refractivity contribution in [2.75, 3.05) is 16.3 Å². The van der Waals surface area contributed by atoms with Gasteiger partial charge in [0.05, 0.1) is 16.3 Å². The highest BCUT2D eigenvalue weighted by Crippen LogP contribution is 2.42. The minimum Gasteiger partial charge on any atom is -0.336 e. The molecule has 0 unspecified atom stereocenters. The summed E-state index contributed by atoms with van der Waals surface area (Å²) in [6.07, 6.45) is 0.838. The van der Waals surface area contributed by atoms with Crippen molar-refractivity contribution in [3.63, 3.8) is 0 Å². The molecular weight excluding hydrogens is 392 g/mol. The molecule has 0 spiro atoms. The van der Waals surface area contributed by atoms with E-state index in [1.807, 2.05) is 40.6 Å². The monoisotopic (exact) mass is 406 g/mol. The van der Waals surface area contributed by atoms with Gasteiger partial charge in [-0.1, -0.05) is 48.0 Å². The Morgan fingerprint density at radius 2 is 1.61 bits per heavy atom. The molecule has 0 radical (unpaired) electrons. The number of para-hydroxylation sites is 2. The largest absolute Gasteiger partial charge is 0.336 e. The van der Waals surface area contributed by atoms with Crippen molar-refractivity contribution in [3.05, 3.63) is 87.2 Å². The molecule has 2 aliphatic heterocycles. The summed E-state index contributed by atoms with van der Waals surface area (Å²) >= 11 is 7.77. The summed E-state index contributed by atoms with van der Waals surface area (Å²) in [6, 6.07) is 18.7. The molecule has 2 aliphatic rings. The van der Waals surface area contributed by atoms with E-state index in [2.05, 4.69) is 6.07 Å². The minimum atomic E-state index is -0.335. The Bertz CT molecular complexity index is 1140. The predicted molar refractivity (Wildman–Crippen MR) is 113 cm³/mol. The molecule has 28 heavy (non-hydrogen) atoms. The lowest BCUT2D eigenvalue weighted by molar-refractivity contribution is -0.120. The maximum Gasteiger partial charge on any atom is 0.282 e. The molecular formula is C22H15ClN2O2S. The normalized spacial score (nSPS) is 16.3. The lowest BCUT2D eigenvalue weighted by Gasteiger charge is -2.22. The maximum absolute atomic E-state index is 13.5. The quantitative estimate of drug-likeness (QED) is 0.589. The van der Waals surface area contributed by atoms with Crippen molar-refractivity contribution in [1.29, 1.82) is 0 Å². The van der Waals surface area contributed by atoms with Crippen LogP contribution in [-0.2, 0) is 16.0 Å². The first-order valence-corrected chi connectivity index (χ1v) is 10.2. The van der Waals surface area contributed by atoms with Crippen LogP contribution in [0.25, 0.3) is 5.57 Å². The van der Waals surface area contributed by atoms with E-state index in [-0.39, 0.29) is 11.8 Å². The van der Waals surface area contributed by atoms with Crippen LogP contribution in [0.15, 0.2) is 71.7 Å². The van der Waals surface area contributed by atoms with Gasteiger partial charge in [-0.15, -0.1) is 11.3 Å². The van der Waals surface area contributed by atoms with Crippen LogP contribution in [-0.4, -0.2) is 18.4 Å². The molecule has 0 saturated heterocycles. The fourth-order valence-electron chi connectivity index (χ4n) is 3.83. The number of hydrogen-bond donors (Lipinski definition) is 0. The second-order valence-electron chi connectivity index (χ2n) is 6.63. The van der Waals surface area contributed by atoms with E-state index in [1.165, 1.54) is 21.8 Å². The number of benzene rings is 2. The molecule has 2 amide bonds. The zero-order valence-electron chi connectivity index (χ0n) is 14.8. The predicted octanol–water partition coefficient (Wildman–Crippen LogP) is 4.75. The van der Waals surface area contributed by atoms with Crippen molar-refractivity contribution in [1.82, 2.24) is 0 Å². The fourth-order valence-corrected chi connectivity index (χ4v) is 4.82. The van der Waals surface area contributed by atoms with Gasteiger partial charge in [0.25, 0.3) is 11.8 Å². The van der Waals surface area contributed by atoms with Gasteiger partial charge in [0, 0.05) is 17.1 Å². The first-order chi connectivity index (χ1) is 13.7. The summed E-state index contributed by atoms with van der Waals surface area (Å²) in [5, 5.41) is 2.28. The Kier molecular flexibility index (Phi) is 4.07. The molecule has 4 nitrogen and oxygen atoms in total. The molecule has 138 valence electrons. The summed E-state index contributed by atoms with van der Waals surface area (Å²) in [5.74, 6) is -0.668. The number of rotatable bonds is 3. The van der Waals surface area contributed by atoms with E-state index < -0.39 is 0 Å². The number of hydrogen-bond acceptors (Lipinski definition) is 4. The highest BCUT2D eigenvalue weighted by molar-refractivity contribution is 7.11. The van der Waals surface area contributed by atoms with E-state index in [0.29, 0.717) is 28.5 Å². The molecule has 0 N–H and O–H groups in total. The van der Waals surface area contributed by atoms with Crippen LogP contribution < -0.4 is 9.80 Å². The second kappa shape index (κ2) is 6.62. The van der Waals surface area contributed by atoms with E-state index in [9.17, 15) is 9.59 Å². The number of fused-ring (bicyclic) bond motifs is 1. The number of anilines is 2. The van der Waals surface area contributed by atoms with Gasteiger partial charge in [-0.25, -0.2) is 4.90 Å². The third kappa shape index (κ3) is 2.51. The Labute approximate surface area is 171 Å². The summed E-state index contributed by atoms with van der Waals surface area (Å²) in [7, 11) is 0. The first kappa shape index (κ1) is 17.2. The summed E-state index contributed by atoms with van der Waals surface area (Å²) in [6.45, 7) is 0.666. The number of halogens is 1. The third-order valence-electron chi connectivity index (χ3n) is 5.08. The highest BCUT2D eigenvalue weighted by atomic mass is 35.5. The minimum absolute atomic E-state index is 0.333. The SMILES string of the molecule is O=C1C(c2cccs2)=C(N2CCc3ccccc32)C(=O)N1c1ccccc1Cl. The van der Waals surface area contributed by atoms with Gasteiger partial charge >= 0.3 is 0 Å². The van der Waals surface area contributed by atoms with Crippen molar-refractivity contribution in [3.8, 4) is 0 Å². The smallest absolute Gasteiger partial charge is 0.282 e. The molecule has 6 heteroatoms. The topological polar surface area (TPSA) is 40.6 Å². The Balaban J connectivity index is 1.69. The van der Waals surface area contributed by atoms with Crippen LogP contribution >= 0.6 is 22.9 Å². The molecule has 0 fully saturated rings. The molecule has 3 aromatic rings. The van der Waals surface area contributed by atoms with Crippen LogP contribution in [0.4, 0.5) is 11.4 Å². The lowest BCUT2D eigenvalue weighted by Crippen LogP contribution is -2.35. The van der Waals surface area contributed by atoms with Gasteiger partial charge in [-0.2, -0.15) is 0 Å². The van der Waals surface area contributed by atoms with Crippen LogP contribution in [0.2, 0.25) is 5.02 Å². The zero-order chi connectivity index (χ0) is 19.3. The average molecular weight is 407 g/mol. The standard InChI is InChI=1S/C22H15ClN2O2S/c23-15-7-2-4-9-17(15)25-21(26)19(18-10-5-13-28-18)20(22(25)27)24-12-11-14-6-1-3-8-16(14)24/h1-10,13H,11-12H2. The fraction of sp³-hybridized carbons (Fsp3) is 0.0909. The van der Waals surface area contributed by atoms with Gasteiger partial charge in [0.2, 0.25) is 0 Å². The summed E-state index contributed by atoms with van der Waals surface area (Å²) < 4.78 is 0. The molecule has 5 rings (SSSR count). The number of carbonyl (C=O) groups excluding carboxylic acids is 2. The van der Waals surface area contributed by atoms with Crippen molar-refractivity contribution >= 4 is 51.7 Å². The van der Waals surface area contributed by atoms with Crippen LogP contribution in [0.3, 0.4) is 0 Å². The molecule has 0 saturated carbocycles. The Morgan fingerprint density at radius 3 is 2.36 bits per heavy atom. The maximum atomic E-state index is 13.5. The molecule has 3 heterocycles.